The van der Waals surface area contributed by atoms with Crippen LogP contribution in [0.15, 0.2) is 24.3 Å². The molecule has 0 aliphatic heterocycles. The molecule has 2 rings (SSSR count). The number of aryl methyl sites for hydroxylation is 1. The van der Waals surface area contributed by atoms with Crippen LogP contribution >= 0.6 is 0 Å². The molecular weight excluding hydrogens is 209 g/mol. The number of aromatic nitrogens is 2. The molecule has 0 saturated carbocycles. The number of nitrogen functional groups attached to an aromatic ring is 1. The Morgan fingerprint density at radius 1 is 1.44 bits per heavy atom. The minimum absolute atomic E-state index is 0.129. The molecule has 1 aromatic carbocycles. The van der Waals surface area contributed by atoms with E-state index in [9.17, 15) is 4.39 Å². The molecule has 1 heterocycles. The summed E-state index contributed by atoms with van der Waals surface area (Å²) in [6.45, 7) is -0.129. The van der Waals surface area contributed by atoms with E-state index in [0.29, 0.717) is 22.6 Å². The van der Waals surface area contributed by atoms with Crippen molar-refractivity contribution in [1.82, 2.24) is 9.78 Å². The Morgan fingerprint density at radius 3 is 2.75 bits per heavy atom. The topological polar surface area (TPSA) is 64.1 Å². The number of benzene rings is 1. The number of rotatable bonds is 2. The fourth-order valence-corrected chi connectivity index (χ4v) is 1.48. The second-order valence-electron chi connectivity index (χ2n) is 3.55. The molecule has 0 aliphatic carbocycles. The summed E-state index contributed by atoms with van der Waals surface area (Å²) in [7, 11) is 1.69. The monoisotopic (exact) mass is 221 g/mol. The van der Waals surface area contributed by atoms with Crippen molar-refractivity contribution in [3.05, 3.63) is 35.6 Å². The third kappa shape index (κ3) is 1.77. The molecule has 4 nitrogen and oxygen atoms in total. The van der Waals surface area contributed by atoms with Crippen LogP contribution in [0.1, 0.15) is 5.56 Å². The summed E-state index contributed by atoms with van der Waals surface area (Å²) in [5, 5.41) is 13.1. The number of anilines is 1. The Labute approximate surface area is 92.1 Å². The Balaban J connectivity index is 2.54. The average Bonchev–Trinajstić information content (AvgIpc) is 2.60. The molecule has 2 aromatic rings. The molecule has 0 radical (unpaired) electrons. The summed E-state index contributed by atoms with van der Waals surface area (Å²) in [4.78, 5) is 0. The lowest BCUT2D eigenvalue weighted by Crippen LogP contribution is -1.96. The Bertz CT molecular complexity index is 502. The van der Waals surface area contributed by atoms with Gasteiger partial charge in [0, 0.05) is 18.7 Å². The molecule has 0 spiro atoms. The second-order valence-corrected chi connectivity index (χ2v) is 3.55. The number of nitrogens with two attached hydrogens (primary N) is 1. The fourth-order valence-electron chi connectivity index (χ4n) is 1.48. The van der Waals surface area contributed by atoms with E-state index in [1.165, 1.54) is 16.8 Å². The molecule has 16 heavy (non-hydrogen) atoms. The lowest BCUT2D eigenvalue weighted by atomic mass is 10.1. The van der Waals surface area contributed by atoms with Crippen molar-refractivity contribution in [2.45, 2.75) is 6.61 Å². The van der Waals surface area contributed by atoms with Crippen LogP contribution in [0, 0.1) is 5.82 Å². The Hall–Kier alpha value is -1.88. The van der Waals surface area contributed by atoms with Gasteiger partial charge in [0.15, 0.2) is 0 Å². The average molecular weight is 221 g/mol. The summed E-state index contributed by atoms with van der Waals surface area (Å²) in [5.74, 6) is 0.0825. The molecule has 0 fully saturated rings. The van der Waals surface area contributed by atoms with Crippen molar-refractivity contribution in [2.24, 2.45) is 7.05 Å². The molecule has 0 unspecified atom stereocenters. The lowest BCUT2D eigenvalue weighted by molar-refractivity contribution is 0.282. The van der Waals surface area contributed by atoms with Crippen LogP contribution in [0.25, 0.3) is 11.3 Å². The summed E-state index contributed by atoms with van der Waals surface area (Å²) in [5.41, 5.74) is 7.08. The molecule has 0 saturated heterocycles. The van der Waals surface area contributed by atoms with E-state index in [1.54, 1.807) is 19.2 Å². The molecule has 0 amide bonds. The standard InChI is InChI=1S/C11H12FN3O/c1-15-11(13)5-10(14-15)8-4-7(6-16)2-3-9(8)12/h2-5,16H,6,13H2,1H3. The van der Waals surface area contributed by atoms with Gasteiger partial charge in [-0.05, 0) is 17.7 Å². The second kappa shape index (κ2) is 3.94. The maximum atomic E-state index is 13.6. The summed E-state index contributed by atoms with van der Waals surface area (Å²) in [6, 6.07) is 6.01. The van der Waals surface area contributed by atoms with Crippen LogP contribution in [0.5, 0.6) is 0 Å². The van der Waals surface area contributed by atoms with Crippen molar-refractivity contribution in [3.8, 4) is 11.3 Å². The van der Waals surface area contributed by atoms with E-state index in [4.69, 9.17) is 10.8 Å². The van der Waals surface area contributed by atoms with Crippen molar-refractivity contribution >= 4 is 5.82 Å². The summed E-state index contributed by atoms with van der Waals surface area (Å²) in [6.07, 6.45) is 0. The van der Waals surface area contributed by atoms with Gasteiger partial charge in [-0.3, -0.25) is 4.68 Å². The molecule has 0 aliphatic rings. The third-order valence-electron chi connectivity index (χ3n) is 2.41. The number of nitrogens with zero attached hydrogens (tertiary/aromatic N) is 2. The number of aliphatic hydroxyl groups is 1. The van der Waals surface area contributed by atoms with Crippen LogP contribution in [-0.4, -0.2) is 14.9 Å². The molecule has 0 atom stereocenters. The van der Waals surface area contributed by atoms with Crippen LogP contribution in [0.4, 0.5) is 10.2 Å². The lowest BCUT2D eigenvalue weighted by Gasteiger charge is -2.02. The van der Waals surface area contributed by atoms with Gasteiger partial charge < -0.3 is 10.8 Å². The van der Waals surface area contributed by atoms with E-state index >= 15 is 0 Å². The van der Waals surface area contributed by atoms with Crippen molar-refractivity contribution in [1.29, 1.82) is 0 Å². The predicted molar refractivity (Wildman–Crippen MR) is 58.9 cm³/mol. The van der Waals surface area contributed by atoms with Gasteiger partial charge >= 0.3 is 0 Å². The van der Waals surface area contributed by atoms with Gasteiger partial charge in [0.1, 0.15) is 11.6 Å². The van der Waals surface area contributed by atoms with E-state index in [-0.39, 0.29) is 12.4 Å². The normalized spacial score (nSPS) is 10.7. The Kier molecular flexibility index (Phi) is 2.62. The van der Waals surface area contributed by atoms with Crippen molar-refractivity contribution in [3.63, 3.8) is 0 Å². The highest BCUT2D eigenvalue weighted by Gasteiger charge is 2.10. The van der Waals surface area contributed by atoms with Gasteiger partial charge in [-0.15, -0.1) is 0 Å². The van der Waals surface area contributed by atoms with E-state index in [0.717, 1.165) is 0 Å². The van der Waals surface area contributed by atoms with Gasteiger partial charge in [0.05, 0.1) is 12.3 Å². The van der Waals surface area contributed by atoms with Crippen LogP contribution in [0.3, 0.4) is 0 Å². The maximum absolute atomic E-state index is 13.6. The van der Waals surface area contributed by atoms with Crippen LogP contribution < -0.4 is 5.73 Å². The number of halogens is 1. The number of hydrogen-bond acceptors (Lipinski definition) is 3. The third-order valence-corrected chi connectivity index (χ3v) is 2.41. The molecule has 3 N–H and O–H groups in total. The van der Waals surface area contributed by atoms with Gasteiger partial charge in [-0.1, -0.05) is 6.07 Å². The smallest absolute Gasteiger partial charge is 0.132 e. The summed E-state index contributed by atoms with van der Waals surface area (Å²) >= 11 is 0. The minimum atomic E-state index is -0.379. The zero-order valence-corrected chi connectivity index (χ0v) is 8.81. The first-order chi connectivity index (χ1) is 7.61. The van der Waals surface area contributed by atoms with Crippen LogP contribution in [-0.2, 0) is 13.7 Å². The highest BCUT2D eigenvalue weighted by atomic mass is 19.1. The largest absolute Gasteiger partial charge is 0.392 e. The van der Waals surface area contributed by atoms with Gasteiger partial charge in [-0.25, -0.2) is 4.39 Å². The number of aliphatic hydroxyl groups excluding tert-OH is 1. The van der Waals surface area contributed by atoms with E-state index < -0.39 is 0 Å². The molecular formula is C11H12FN3O. The van der Waals surface area contributed by atoms with E-state index in [1.807, 2.05) is 0 Å². The molecule has 84 valence electrons. The molecule has 1 aromatic heterocycles. The minimum Gasteiger partial charge on any atom is -0.392 e. The number of hydrogen-bond donors (Lipinski definition) is 2. The first kappa shape index (κ1) is 10.6. The first-order valence-electron chi connectivity index (χ1n) is 4.81. The van der Waals surface area contributed by atoms with Gasteiger partial charge in [-0.2, -0.15) is 5.10 Å². The van der Waals surface area contributed by atoms with Crippen molar-refractivity contribution < 1.29 is 9.50 Å². The molecule has 0 bridgehead atoms. The fraction of sp³-hybridized carbons (Fsp3) is 0.182. The van der Waals surface area contributed by atoms with Gasteiger partial charge in [0.2, 0.25) is 0 Å². The van der Waals surface area contributed by atoms with Gasteiger partial charge in [0.25, 0.3) is 0 Å². The zero-order valence-electron chi connectivity index (χ0n) is 8.81. The van der Waals surface area contributed by atoms with Crippen molar-refractivity contribution in [2.75, 3.05) is 5.73 Å². The first-order valence-corrected chi connectivity index (χ1v) is 4.81. The van der Waals surface area contributed by atoms with E-state index in [2.05, 4.69) is 5.10 Å². The summed E-state index contributed by atoms with van der Waals surface area (Å²) < 4.78 is 15.0. The highest BCUT2D eigenvalue weighted by Crippen LogP contribution is 2.24. The predicted octanol–water partition coefficient (Wildman–Crippen LogP) is 1.30. The van der Waals surface area contributed by atoms with Crippen LogP contribution in [0.2, 0.25) is 0 Å². The molecule has 5 heteroatoms. The zero-order chi connectivity index (χ0) is 11.7. The SMILES string of the molecule is Cn1nc(-c2cc(CO)ccc2F)cc1N. The quantitative estimate of drug-likeness (QED) is 0.803. The maximum Gasteiger partial charge on any atom is 0.132 e. The highest BCUT2D eigenvalue weighted by molar-refractivity contribution is 5.63. The Morgan fingerprint density at radius 2 is 2.19 bits per heavy atom.